The Balaban J connectivity index is 2.25. The monoisotopic (exact) mass is 206 g/mol. The SMILES string of the molecule is Cn1ncc(C=O)c1C1CCCCCC1. The molecule has 0 saturated heterocycles. The van der Waals surface area contributed by atoms with Gasteiger partial charge in [-0.2, -0.15) is 5.10 Å². The Bertz CT molecular complexity index is 335. The zero-order valence-electron chi connectivity index (χ0n) is 9.28. The number of aryl methyl sites for hydroxylation is 1. The van der Waals surface area contributed by atoms with E-state index in [1.54, 1.807) is 6.20 Å². The first-order valence-corrected chi connectivity index (χ1v) is 5.80. The van der Waals surface area contributed by atoms with Gasteiger partial charge in [0.25, 0.3) is 0 Å². The summed E-state index contributed by atoms with van der Waals surface area (Å²) in [6.45, 7) is 0. The second kappa shape index (κ2) is 4.60. The number of nitrogens with zero attached hydrogens (tertiary/aromatic N) is 2. The van der Waals surface area contributed by atoms with Crippen LogP contribution in [0.5, 0.6) is 0 Å². The zero-order chi connectivity index (χ0) is 10.7. The topological polar surface area (TPSA) is 34.9 Å². The van der Waals surface area contributed by atoms with Gasteiger partial charge in [-0.3, -0.25) is 9.48 Å². The predicted octanol–water partition coefficient (Wildman–Crippen LogP) is 2.67. The highest BCUT2D eigenvalue weighted by atomic mass is 16.1. The van der Waals surface area contributed by atoms with Gasteiger partial charge in [-0.05, 0) is 12.8 Å². The van der Waals surface area contributed by atoms with Crippen LogP contribution in [0.15, 0.2) is 6.20 Å². The summed E-state index contributed by atoms with van der Waals surface area (Å²) in [6.07, 6.45) is 10.3. The lowest BCUT2D eigenvalue weighted by Gasteiger charge is -2.15. The quantitative estimate of drug-likeness (QED) is 0.551. The van der Waals surface area contributed by atoms with Crippen LogP contribution in [0.3, 0.4) is 0 Å². The van der Waals surface area contributed by atoms with Crippen molar-refractivity contribution >= 4 is 6.29 Å². The molecular weight excluding hydrogens is 188 g/mol. The van der Waals surface area contributed by atoms with E-state index in [4.69, 9.17) is 0 Å². The van der Waals surface area contributed by atoms with Crippen LogP contribution in [0.2, 0.25) is 0 Å². The van der Waals surface area contributed by atoms with Crippen molar-refractivity contribution in [2.75, 3.05) is 0 Å². The van der Waals surface area contributed by atoms with Crippen molar-refractivity contribution in [2.45, 2.75) is 44.4 Å². The Labute approximate surface area is 90.5 Å². The molecule has 0 aliphatic heterocycles. The van der Waals surface area contributed by atoms with E-state index in [0.29, 0.717) is 5.92 Å². The summed E-state index contributed by atoms with van der Waals surface area (Å²) in [4.78, 5) is 10.9. The zero-order valence-corrected chi connectivity index (χ0v) is 9.28. The van der Waals surface area contributed by atoms with E-state index in [1.807, 2.05) is 11.7 Å². The highest BCUT2D eigenvalue weighted by Crippen LogP contribution is 2.32. The average Bonchev–Trinajstić information content (AvgIpc) is 2.48. The fraction of sp³-hybridized carbons (Fsp3) is 0.667. The molecule has 1 aliphatic rings. The van der Waals surface area contributed by atoms with Crippen molar-refractivity contribution in [3.8, 4) is 0 Å². The van der Waals surface area contributed by atoms with E-state index in [0.717, 1.165) is 17.5 Å². The van der Waals surface area contributed by atoms with Crippen LogP contribution in [0.4, 0.5) is 0 Å². The van der Waals surface area contributed by atoms with E-state index < -0.39 is 0 Å². The molecule has 1 aromatic heterocycles. The van der Waals surface area contributed by atoms with E-state index in [-0.39, 0.29) is 0 Å². The molecule has 15 heavy (non-hydrogen) atoms. The van der Waals surface area contributed by atoms with Crippen molar-refractivity contribution in [3.05, 3.63) is 17.5 Å². The Hall–Kier alpha value is -1.12. The van der Waals surface area contributed by atoms with Crippen molar-refractivity contribution in [1.82, 2.24) is 9.78 Å². The summed E-state index contributed by atoms with van der Waals surface area (Å²) < 4.78 is 1.87. The number of hydrogen-bond donors (Lipinski definition) is 0. The van der Waals surface area contributed by atoms with Crippen molar-refractivity contribution in [2.24, 2.45) is 7.05 Å². The van der Waals surface area contributed by atoms with Gasteiger partial charge in [-0.25, -0.2) is 0 Å². The molecule has 1 fully saturated rings. The highest BCUT2D eigenvalue weighted by Gasteiger charge is 2.20. The number of hydrogen-bond acceptors (Lipinski definition) is 2. The van der Waals surface area contributed by atoms with Gasteiger partial charge in [0.2, 0.25) is 0 Å². The summed E-state index contributed by atoms with van der Waals surface area (Å²) in [7, 11) is 1.94. The molecule has 3 nitrogen and oxygen atoms in total. The normalized spacial score (nSPS) is 18.7. The molecule has 0 N–H and O–H groups in total. The molecule has 0 aromatic carbocycles. The summed E-state index contributed by atoms with van der Waals surface area (Å²) in [5.74, 6) is 0.542. The second-order valence-electron chi connectivity index (χ2n) is 4.42. The maximum atomic E-state index is 10.9. The van der Waals surface area contributed by atoms with E-state index in [9.17, 15) is 4.79 Å². The third kappa shape index (κ3) is 2.11. The van der Waals surface area contributed by atoms with Gasteiger partial charge in [0.05, 0.1) is 17.5 Å². The van der Waals surface area contributed by atoms with Gasteiger partial charge >= 0.3 is 0 Å². The molecule has 0 radical (unpaired) electrons. The first-order chi connectivity index (χ1) is 7.33. The molecule has 0 amide bonds. The van der Waals surface area contributed by atoms with Crippen molar-refractivity contribution in [1.29, 1.82) is 0 Å². The molecule has 1 heterocycles. The Morgan fingerprint density at radius 1 is 1.33 bits per heavy atom. The van der Waals surface area contributed by atoms with Crippen LogP contribution in [0.25, 0.3) is 0 Å². The van der Waals surface area contributed by atoms with Crippen molar-refractivity contribution in [3.63, 3.8) is 0 Å². The first kappa shape index (κ1) is 10.4. The predicted molar refractivity (Wildman–Crippen MR) is 59.0 cm³/mol. The Morgan fingerprint density at radius 3 is 2.60 bits per heavy atom. The first-order valence-electron chi connectivity index (χ1n) is 5.80. The number of carbonyl (C=O) groups is 1. The minimum atomic E-state index is 0.542. The third-order valence-electron chi connectivity index (χ3n) is 3.38. The van der Waals surface area contributed by atoms with Crippen LogP contribution in [-0.2, 0) is 7.05 Å². The minimum Gasteiger partial charge on any atom is -0.298 e. The lowest BCUT2D eigenvalue weighted by molar-refractivity contribution is 0.112. The molecule has 0 spiro atoms. The van der Waals surface area contributed by atoms with Gasteiger partial charge in [0.15, 0.2) is 6.29 Å². The number of carbonyl (C=O) groups excluding carboxylic acids is 1. The standard InChI is InChI=1S/C12H18N2O/c1-14-12(11(9-15)8-13-14)10-6-4-2-3-5-7-10/h8-10H,2-7H2,1H3. The number of rotatable bonds is 2. The summed E-state index contributed by atoms with van der Waals surface area (Å²) in [5.41, 5.74) is 1.93. The van der Waals surface area contributed by atoms with Gasteiger partial charge in [-0.1, -0.05) is 25.7 Å². The largest absolute Gasteiger partial charge is 0.298 e. The van der Waals surface area contributed by atoms with Crippen LogP contribution < -0.4 is 0 Å². The average molecular weight is 206 g/mol. The van der Waals surface area contributed by atoms with Crippen LogP contribution in [0.1, 0.15) is 60.5 Å². The fourth-order valence-corrected chi connectivity index (χ4v) is 2.61. The van der Waals surface area contributed by atoms with E-state index in [2.05, 4.69) is 5.10 Å². The number of aldehydes is 1. The lowest BCUT2D eigenvalue weighted by Crippen LogP contribution is -2.07. The van der Waals surface area contributed by atoms with Gasteiger partial charge in [0.1, 0.15) is 0 Å². The highest BCUT2D eigenvalue weighted by molar-refractivity contribution is 5.76. The maximum absolute atomic E-state index is 10.9. The van der Waals surface area contributed by atoms with Gasteiger partial charge < -0.3 is 0 Å². The van der Waals surface area contributed by atoms with Crippen LogP contribution >= 0.6 is 0 Å². The maximum Gasteiger partial charge on any atom is 0.153 e. The summed E-state index contributed by atoms with van der Waals surface area (Å²) >= 11 is 0. The molecule has 1 aromatic rings. The molecule has 3 heteroatoms. The molecule has 0 bridgehead atoms. The summed E-state index contributed by atoms with van der Waals surface area (Å²) in [5, 5.41) is 4.18. The van der Waals surface area contributed by atoms with Gasteiger partial charge in [0, 0.05) is 13.0 Å². The van der Waals surface area contributed by atoms with Crippen molar-refractivity contribution < 1.29 is 4.79 Å². The molecule has 0 atom stereocenters. The van der Waals surface area contributed by atoms with E-state index in [1.165, 1.54) is 38.5 Å². The lowest BCUT2D eigenvalue weighted by atomic mass is 9.94. The second-order valence-corrected chi connectivity index (χ2v) is 4.42. The smallest absolute Gasteiger partial charge is 0.153 e. The fourth-order valence-electron chi connectivity index (χ4n) is 2.61. The molecule has 0 unspecified atom stereocenters. The molecule has 1 saturated carbocycles. The molecular formula is C12H18N2O. The van der Waals surface area contributed by atoms with E-state index >= 15 is 0 Å². The Kier molecular flexibility index (Phi) is 3.19. The third-order valence-corrected chi connectivity index (χ3v) is 3.38. The summed E-state index contributed by atoms with van der Waals surface area (Å²) in [6, 6.07) is 0. The Morgan fingerprint density at radius 2 is 2.00 bits per heavy atom. The molecule has 1 aliphatic carbocycles. The van der Waals surface area contributed by atoms with Gasteiger partial charge in [-0.15, -0.1) is 0 Å². The van der Waals surface area contributed by atoms with Crippen LogP contribution in [0, 0.1) is 0 Å². The number of aromatic nitrogens is 2. The molecule has 2 rings (SSSR count). The molecule has 82 valence electrons. The van der Waals surface area contributed by atoms with Crippen LogP contribution in [-0.4, -0.2) is 16.1 Å². The minimum absolute atomic E-state index is 0.542.